The quantitative estimate of drug-likeness (QED) is 0.219. The monoisotopic (exact) mass is 544 g/mol. The normalized spacial score (nSPS) is 15.6. The molecule has 3 aromatic carbocycles. The molecule has 2 atom stereocenters. The summed E-state index contributed by atoms with van der Waals surface area (Å²) in [6, 6.07) is 21.4. The van der Waals surface area contributed by atoms with Gasteiger partial charge in [0.1, 0.15) is 0 Å². The van der Waals surface area contributed by atoms with Gasteiger partial charge in [-0.05, 0) is 84.6 Å². The number of benzene rings is 3. The van der Waals surface area contributed by atoms with Crippen molar-refractivity contribution in [1.29, 1.82) is 0 Å². The summed E-state index contributed by atoms with van der Waals surface area (Å²) in [5.74, 6) is 1.32. The minimum atomic E-state index is -0.349. The molecular formula is C32H33ClN2O4. The Morgan fingerprint density at radius 1 is 1.08 bits per heavy atom. The van der Waals surface area contributed by atoms with Crippen LogP contribution >= 0.6 is 11.6 Å². The van der Waals surface area contributed by atoms with Gasteiger partial charge in [-0.15, -0.1) is 0 Å². The molecule has 0 N–H and O–H groups in total. The fraction of sp³-hybridized carbons (Fsp3) is 0.281. The highest BCUT2D eigenvalue weighted by Gasteiger charge is 2.36. The second-order valence-corrected chi connectivity index (χ2v) is 10.4. The molecule has 1 amide bonds. The number of nitrogens with zero attached hydrogens (tertiary/aromatic N) is 2. The first kappa shape index (κ1) is 26.7. The summed E-state index contributed by atoms with van der Waals surface area (Å²) in [4.78, 5) is 17.8. The SMILES string of the molecule is CC[C@@H](C)Oc1cc2c(cc1OC)CC(=O)N(c1ccc(N(C)Cc3ccoc3)cc1)C2c1ccc(Cl)cc1. The van der Waals surface area contributed by atoms with E-state index >= 15 is 0 Å². The predicted molar refractivity (Wildman–Crippen MR) is 155 cm³/mol. The van der Waals surface area contributed by atoms with Gasteiger partial charge in [-0.1, -0.05) is 30.7 Å². The number of hydrogen-bond acceptors (Lipinski definition) is 5. The Balaban J connectivity index is 1.56. The third-order valence-corrected chi connectivity index (χ3v) is 7.50. The summed E-state index contributed by atoms with van der Waals surface area (Å²) in [7, 11) is 3.66. The van der Waals surface area contributed by atoms with Crippen LogP contribution in [0.2, 0.25) is 5.02 Å². The van der Waals surface area contributed by atoms with Crippen molar-refractivity contribution in [3.8, 4) is 11.5 Å². The van der Waals surface area contributed by atoms with Crippen LogP contribution in [0.25, 0.3) is 0 Å². The molecule has 0 spiro atoms. The van der Waals surface area contributed by atoms with Crippen LogP contribution in [0.4, 0.5) is 11.4 Å². The van der Waals surface area contributed by atoms with E-state index in [-0.39, 0.29) is 24.5 Å². The molecule has 1 aliphatic rings. The van der Waals surface area contributed by atoms with Gasteiger partial charge in [-0.2, -0.15) is 0 Å². The van der Waals surface area contributed by atoms with E-state index in [0.717, 1.165) is 46.6 Å². The van der Waals surface area contributed by atoms with Crippen molar-refractivity contribution >= 4 is 28.9 Å². The average molecular weight is 545 g/mol. The van der Waals surface area contributed by atoms with Crippen LogP contribution < -0.4 is 19.3 Å². The van der Waals surface area contributed by atoms with Crippen molar-refractivity contribution in [2.24, 2.45) is 0 Å². The minimum Gasteiger partial charge on any atom is -0.493 e. The lowest BCUT2D eigenvalue weighted by Gasteiger charge is -2.38. The highest BCUT2D eigenvalue weighted by Crippen LogP contribution is 2.44. The van der Waals surface area contributed by atoms with Crippen molar-refractivity contribution in [3.63, 3.8) is 0 Å². The van der Waals surface area contributed by atoms with E-state index in [1.165, 1.54) is 0 Å². The van der Waals surface area contributed by atoms with Crippen LogP contribution in [-0.2, 0) is 17.8 Å². The molecule has 5 rings (SSSR count). The van der Waals surface area contributed by atoms with Crippen molar-refractivity contribution < 1.29 is 18.7 Å². The van der Waals surface area contributed by atoms with E-state index < -0.39 is 0 Å². The summed E-state index contributed by atoms with van der Waals surface area (Å²) in [6.07, 6.45) is 4.59. The van der Waals surface area contributed by atoms with Crippen LogP contribution in [0.5, 0.6) is 11.5 Å². The fourth-order valence-corrected chi connectivity index (χ4v) is 5.12. The Kier molecular flexibility index (Phi) is 7.84. The van der Waals surface area contributed by atoms with E-state index in [0.29, 0.717) is 16.5 Å². The highest BCUT2D eigenvalue weighted by atomic mass is 35.5. The Hall–Kier alpha value is -3.90. The van der Waals surface area contributed by atoms with Gasteiger partial charge < -0.3 is 23.7 Å². The van der Waals surface area contributed by atoms with Crippen LogP contribution in [0.3, 0.4) is 0 Å². The molecule has 1 aromatic heterocycles. The lowest BCUT2D eigenvalue weighted by Crippen LogP contribution is -2.41. The molecule has 1 aliphatic heterocycles. The molecule has 2 heterocycles. The van der Waals surface area contributed by atoms with Gasteiger partial charge in [0.15, 0.2) is 11.5 Å². The van der Waals surface area contributed by atoms with E-state index in [9.17, 15) is 4.79 Å². The fourth-order valence-electron chi connectivity index (χ4n) is 4.99. The number of anilines is 2. The van der Waals surface area contributed by atoms with E-state index in [1.807, 2.05) is 85.6 Å². The summed E-state index contributed by atoms with van der Waals surface area (Å²) in [5, 5.41) is 0.646. The van der Waals surface area contributed by atoms with Crippen LogP contribution in [-0.4, -0.2) is 26.2 Å². The molecule has 6 nitrogen and oxygen atoms in total. The van der Waals surface area contributed by atoms with Gasteiger partial charge in [-0.25, -0.2) is 0 Å². The minimum absolute atomic E-state index is 0.0135. The zero-order valence-corrected chi connectivity index (χ0v) is 23.4. The Bertz CT molecular complexity index is 1420. The molecule has 4 aromatic rings. The third kappa shape index (κ3) is 5.62. The summed E-state index contributed by atoms with van der Waals surface area (Å²) < 4.78 is 17.1. The second-order valence-electron chi connectivity index (χ2n) is 9.94. The van der Waals surface area contributed by atoms with Gasteiger partial charge in [0.05, 0.1) is 38.2 Å². The molecule has 0 saturated carbocycles. The number of carbonyl (C=O) groups is 1. The Morgan fingerprint density at radius 2 is 1.82 bits per heavy atom. The van der Waals surface area contributed by atoms with Gasteiger partial charge in [0, 0.05) is 35.6 Å². The smallest absolute Gasteiger partial charge is 0.232 e. The number of amides is 1. The number of rotatable bonds is 9. The van der Waals surface area contributed by atoms with Crippen molar-refractivity contribution in [2.75, 3.05) is 24.0 Å². The van der Waals surface area contributed by atoms with E-state index in [2.05, 4.69) is 11.8 Å². The number of ether oxygens (including phenoxy) is 2. The molecule has 0 aliphatic carbocycles. The highest BCUT2D eigenvalue weighted by molar-refractivity contribution is 6.30. The molecule has 0 fully saturated rings. The Morgan fingerprint density at radius 3 is 2.46 bits per heavy atom. The van der Waals surface area contributed by atoms with Crippen LogP contribution in [0.15, 0.2) is 83.7 Å². The molecule has 39 heavy (non-hydrogen) atoms. The summed E-state index contributed by atoms with van der Waals surface area (Å²) in [6.45, 7) is 4.85. The van der Waals surface area contributed by atoms with Crippen molar-refractivity contribution in [1.82, 2.24) is 0 Å². The third-order valence-electron chi connectivity index (χ3n) is 7.25. The maximum Gasteiger partial charge on any atom is 0.232 e. The van der Waals surface area contributed by atoms with Gasteiger partial charge in [0.25, 0.3) is 0 Å². The molecule has 0 bridgehead atoms. The van der Waals surface area contributed by atoms with Crippen LogP contribution in [0.1, 0.15) is 48.6 Å². The van der Waals surface area contributed by atoms with Crippen molar-refractivity contribution in [2.45, 2.75) is 45.4 Å². The first-order valence-corrected chi connectivity index (χ1v) is 13.5. The lowest BCUT2D eigenvalue weighted by atomic mass is 9.86. The summed E-state index contributed by atoms with van der Waals surface area (Å²) >= 11 is 6.24. The maximum atomic E-state index is 13.8. The number of halogens is 1. The van der Waals surface area contributed by atoms with Gasteiger partial charge in [0.2, 0.25) is 5.91 Å². The largest absolute Gasteiger partial charge is 0.493 e. The number of fused-ring (bicyclic) bond motifs is 1. The second kappa shape index (κ2) is 11.5. The number of methoxy groups -OCH3 is 1. The predicted octanol–water partition coefficient (Wildman–Crippen LogP) is 7.43. The summed E-state index contributed by atoms with van der Waals surface area (Å²) in [5.41, 5.74) is 5.87. The first-order valence-electron chi connectivity index (χ1n) is 13.1. The lowest BCUT2D eigenvalue weighted by molar-refractivity contribution is -0.118. The maximum absolute atomic E-state index is 13.8. The first-order chi connectivity index (χ1) is 18.9. The molecule has 202 valence electrons. The molecule has 1 unspecified atom stereocenters. The van der Waals surface area contributed by atoms with Gasteiger partial charge in [-0.3, -0.25) is 4.79 Å². The Labute approximate surface area is 234 Å². The number of carbonyl (C=O) groups excluding carboxylic acids is 1. The molecule has 0 radical (unpaired) electrons. The standard InChI is InChI=1S/C32H33ClN2O4/c1-5-21(2)39-30-18-28-24(16-29(30)37-4)17-31(36)35(32(28)23-6-8-25(33)9-7-23)27-12-10-26(11-13-27)34(3)19-22-14-15-38-20-22/h6-16,18,20-21,32H,5,17,19H2,1-4H3/t21-,32?/m1/s1. The number of furan rings is 1. The van der Waals surface area contributed by atoms with Crippen molar-refractivity contribution in [3.05, 3.63) is 107 Å². The van der Waals surface area contributed by atoms with Gasteiger partial charge >= 0.3 is 0 Å². The van der Waals surface area contributed by atoms with E-state index in [1.54, 1.807) is 19.6 Å². The zero-order valence-electron chi connectivity index (χ0n) is 22.7. The van der Waals surface area contributed by atoms with Crippen LogP contribution in [0, 0.1) is 0 Å². The zero-order chi connectivity index (χ0) is 27.5. The van der Waals surface area contributed by atoms with E-state index in [4.69, 9.17) is 25.5 Å². The topological polar surface area (TPSA) is 55.2 Å². The number of hydrogen-bond donors (Lipinski definition) is 0. The average Bonchev–Trinajstić information content (AvgIpc) is 3.46. The molecular weight excluding hydrogens is 512 g/mol. The molecule has 7 heteroatoms. The molecule has 0 saturated heterocycles.